The third-order valence-corrected chi connectivity index (χ3v) is 5.64. The zero-order chi connectivity index (χ0) is 20.3. The average Bonchev–Trinajstić information content (AvgIpc) is 3.24. The lowest BCUT2D eigenvalue weighted by Gasteiger charge is -2.36. The lowest BCUT2D eigenvalue weighted by Crippen LogP contribution is -2.42. The second-order valence-corrected chi connectivity index (χ2v) is 7.49. The van der Waals surface area contributed by atoms with Gasteiger partial charge in [-0.3, -0.25) is 9.89 Å². The fourth-order valence-corrected chi connectivity index (χ4v) is 4.06. The Balaban J connectivity index is 1.56. The minimum atomic E-state index is -0.696. The molecule has 1 aliphatic rings. The molecule has 0 unspecified atom stereocenters. The maximum Gasteiger partial charge on any atom is 0.235 e. The lowest BCUT2D eigenvalue weighted by molar-refractivity contribution is -0.122. The van der Waals surface area contributed by atoms with Crippen molar-refractivity contribution in [3.05, 3.63) is 65.7 Å². The van der Waals surface area contributed by atoms with E-state index in [-0.39, 0.29) is 11.7 Å². The smallest absolute Gasteiger partial charge is 0.235 e. The molecular weight excluding hydrogens is 369 g/mol. The van der Waals surface area contributed by atoms with Crippen molar-refractivity contribution in [2.75, 3.05) is 5.32 Å². The molecule has 29 heavy (non-hydrogen) atoms. The largest absolute Gasteiger partial charge is 0.325 e. The van der Waals surface area contributed by atoms with Crippen LogP contribution in [-0.2, 0) is 16.8 Å². The van der Waals surface area contributed by atoms with E-state index in [0.717, 1.165) is 43.2 Å². The second kappa shape index (κ2) is 8.13. The average molecular weight is 393 g/mol. The molecular formula is C22H24FN5O. The number of amides is 1. The van der Waals surface area contributed by atoms with E-state index < -0.39 is 5.41 Å². The van der Waals surface area contributed by atoms with Gasteiger partial charge < -0.3 is 11.1 Å². The number of halogens is 1. The van der Waals surface area contributed by atoms with E-state index in [9.17, 15) is 9.18 Å². The zero-order valence-corrected chi connectivity index (χ0v) is 16.1. The normalized spacial score (nSPS) is 15.8. The molecule has 0 bridgehead atoms. The van der Waals surface area contributed by atoms with Crippen molar-refractivity contribution < 1.29 is 9.18 Å². The Bertz CT molecular complexity index is 992. The second-order valence-electron chi connectivity index (χ2n) is 7.49. The van der Waals surface area contributed by atoms with E-state index in [1.807, 2.05) is 30.3 Å². The number of hydrogen-bond donors (Lipinski definition) is 3. The molecule has 2 aromatic carbocycles. The highest BCUT2D eigenvalue weighted by molar-refractivity contribution is 5.99. The minimum Gasteiger partial charge on any atom is -0.325 e. The van der Waals surface area contributed by atoms with E-state index in [1.54, 1.807) is 6.07 Å². The zero-order valence-electron chi connectivity index (χ0n) is 16.1. The number of nitrogens with two attached hydrogens (primary N) is 1. The first-order valence-corrected chi connectivity index (χ1v) is 9.90. The number of aromatic nitrogens is 3. The SMILES string of the molecule is NCc1nc(-c2ccc(NC(=O)C3(c4cccc(F)c4)CCCCC3)cc2)n[nH]1. The summed E-state index contributed by atoms with van der Waals surface area (Å²) >= 11 is 0. The Morgan fingerprint density at radius 3 is 2.55 bits per heavy atom. The van der Waals surface area contributed by atoms with Crippen LogP contribution in [0.2, 0.25) is 0 Å². The minimum absolute atomic E-state index is 0.0844. The number of aromatic amines is 1. The highest BCUT2D eigenvalue weighted by Gasteiger charge is 2.41. The molecule has 4 rings (SSSR count). The van der Waals surface area contributed by atoms with Crippen LogP contribution in [0.4, 0.5) is 10.1 Å². The van der Waals surface area contributed by atoms with E-state index >= 15 is 0 Å². The summed E-state index contributed by atoms with van der Waals surface area (Å²) in [5.41, 5.74) is 7.13. The number of nitrogens with zero attached hydrogens (tertiary/aromatic N) is 2. The number of carbonyl (C=O) groups excluding carboxylic acids is 1. The van der Waals surface area contributed by atoms with Crippen molar-refractivity contribution in [3.63, 3.8) is 0 Å². The number of hydrogen-bond acceptors (Lipinski definition) is 4. The topological polar surface area (TPSA) is 96.7 Å². The van der Waals surface area contributed by atoms with E-state index in [4.69, 9.17) is 5.73 Å². The van der Waals surface area contributed by atoms with Gasteiger partial charge in [0.1, 0.15) is 11.6 Å². The summed E-state index contributed by atoms with van der Waals surface area (Å²) in [5, 5.41) is 9.96. The summed E-state index contributed by atoms with van der Waals surface area (Å²) in [5.74, 6) is 0.783. The fourth-order valence-electron chi connectivity index (χ4n) is 4.06. The Morgan fingerprint density at radius 1 is 1.14 bits per heavy atom. The van der Waals surface area contributed by atoms with Gasteiger partial charge in [0.25, 0.3) is 0 Å². The van der Waals surface area contributed by atoms with Gasteiger partial charge in [0.05, 0.1) is 12.0 Å². The first-order chi connectivity index (χ1) is 14.1. The summed E-state index contributed by atoms with van der Waals surface area (Å²) in [4.78, 5) is 17.6. The van der Waals surface area contributed by atoms with E-state index in [0.29, 0.717) is 23.9 Å². The summed E-state index contributed by atoms with van der Waals surface area (Å²) in [6.45, 7) is 0.295. The molecule has 0 saturated heterocycles. The molecule has 1 aromatic heterocycles. The van der Waals surface area contributed by atoms with Crippen LogP contribution in [0.15, 0.2) is 48.5 Å². The molecule has 150 valence electrons. The first kappa shape index (κ1) is 19.3. The fraction of sp³-hybridized carbons (Fsp3) is 0.318. The van der Waals surface area contributed by atoms with Gasteiger partial charge in [0, 0.05) is 11.3 Å². The Labute approximate surface area is 168 Å². The highest BCUT2D eigenvalue weighted by atomic mass is 19.1. The van der Waals surface area contributed by atoms with Gasteiger partial charge in [0.15, 0.2) is 5.82 Å². The number of nitrogens with one attached hydrogen (secondary N) is 2. The van der Waals surface area contributed by atoms with Crippen LogP contribution in [0.25, 0.3) is 11.4 Å². The molecule has 4 N–H and O–H groups in total. The van der Waals surface area contributed by atoms with Gasteiger partial charge in [-0.15, -0.1) is 0 Å². The van der Waals surface area contributed by atoms with Crippen LogP contribution in [0.1, 0.15) is 43.5 Å². The maximum atomic E-state index is 13.9. The maximum absolute atomic E-state index is 13.9. The van der Waals surface area contributed by atoms with E-state index in [1.165, 1.54) is 12.1 Å². The summed E-state index contributed by atoms with van der Waals surface area (Å²) < 4.78 is 13.9. The monoisotopic (exact) mass is 393 g/mol. The summed E-state index contributed by atoms with van der Waals surface area (Å²) in [7, 11) is 0. The van der Waals surface area contributed by atoms with Crippen molar-refractivity contribution in [1.82, 2.24) is 15.2 Å². The standard InChI is InChI=1S/C22H24FN5O/c23-17-6-4-5-16(13-17)22(11-2-1-3-12-22)21(29)25-18-9-7-15(8-10-18)20-26-19(14-24)27-28-20/h4-10,13H,1-3,11-12,14,24H2,(H,25,29)(H,26,27,28). The molecule has 6 nitrogen and oxygen atoms in total. The van der Waals surface area contributed by atoms with Gasteiger partial charge in [0.2, 0.25) is 5.91 Å². The molecule has 0 aliphatic heterocycles. The predicted octanol–water partition coefficient (Wildman–Crippen LogP) is 3.91. The van der Waals surface area contributed by atoms with E-state index in [2.05, 4.69) is 20.5 Å². The quantitative estimate of drug-likeness (QED) is 0.612. The molecule has 1 saturated carbocycles. The molecule has 1 fully saturated rings. The molecule has 7 heteroatoms. The molecule has 0 spiro atoms. The van der Waals surface area contributed by atoms with Crippen LogP contribution >= 0.6 is 0 Å². The van der Waals surface area contributed by atoms with Crippen molar-refractivity contribution in [1.29, 1.82) is 0 Å². The van der Waals surface area contributed by atoms with Crippen LogP contribution < -0.4 is 11.1 Å². The van der Waals surface area contributed by atoms with Gasteiger partial charge in [-0.05, 0) is 54.8 Å². The van der Waals surface area contributed by atoms with Crippen molar-refractivity contribution in [2.24, 2.45) is 5.73 Å². The third kappa shape index (κ3) is 3.91. The van der Waals surface area contributed by atoms with Gasteiger partial charge in [-0.2, -0.15) is 5.10 Å². The molecule has 3 aromatic rings. The predicted molar refractivity (Wildman–Crippen MR) is 110 cm³/mol. The molecule has 1 aliphatic carbocycles. The number of benzene rings is 2. The molecule has 0 atom stereocenters. The Kier molecular flexibility index (Phi) is 5.40. The van der Waals surface area contributed by atoms with Crippen LogP contribution in [0, 0.1) is 5.82 Å². The van der Waals surface area contributed by atoms with Crippen LogP contribution in [-0.4, -0.2) is 21.1 Å². The van der Waals surface area contributed by atoms with Gasteiger partial charge in [-0.25, -0.2) is 9.37 Å². The summed E-state index contributed by atoms with van der Waals surface area (Å²) in [6, 6.07) is 13.8. The molecule has 1 amide bonds. The first-order valence-electron chi connectivity index (χ1n) is 9.90. The van der Waals surface area contributed by atoms with Crippen LogP contribution in [0.3, 0.4) is 0 Å². The lowest BCUT2D eigenvalue weighted by atomic mass is 9.68. The highest BCUT2D eigenvalue weighted by Crippen LogP contribution is 2.40. The number of anilines is 1. The van der Waals surface area contributed by atoms with Crippen molar-refractivity contribution >= 4 is 11.6 Å². The molecule has 1 heterocycles. The third-order valence-electron chi connectivity index (χ3n) is 5.64. The number of rotatable bonds is 5. The van der Waals surface area contributed by atoms with Gasteiger partial charge >= 0.3 is 0 Å². The number of H-pyrrole nitrogens is 1. The Hall–Kier alpha value is -3.06. The molecule has 0 radical (unpaired) electrons. The Morgan fingerprint density at radius 2 is 1.90 bits per heavy atom. The summed E-state index contributed by atoms with van der Waals surface area (Å²) in [6.07, 6.45) is 4.45. The van der Waals surface area contributed by atoms with Crippen molar-refractivity contribution in [3.8, 4) is 11.4 Å². The van der Waals surface area contributed by atoms with Gasteiger partial charge in [-0.1, -0.05) is 31.4 Å². The van der Waals surface area contributed by atoms with Crippen LogP contribution in [0.5, 0.6) is 0 Å². The van der Waals surface area contributed by atoms with Crippen molar-refractivity contribution in [2.45, 2.75) is 44.1 Å². The number of carbonyl (C=O) groups is 1.